The smallest absolute Gasteiger partial charge is 0.157 e. The number of ether oxygens (including phenoxy) is 1. The molecule has 7 heteroatoms. The summed E-state index contributed by atoms with van der Waals surface area (Å²) < 4.78 is 8.29. The van der Waals surface area contributed by atoms with Crippen molar-refractivity contribution in [1.29, 1.82) is 0 Å². The van der Waals surface area contributed by atoms with Gasteiger partial charge < -0.3 is 19.5 Å². The van der Waals surface area contributed by atoms with Crippen molar-refractivity contribution in [3.8, 4) is 5.75 Å². The largest absolute Gasteiger partial charge is 0.487 e. The van der Waals surface area contributed by atoms with E-state index >= 15 is 0 Å². The van der Waals surface area contributed by atoms with E-state index in [4.69, 9.17) is 26.3 Å². The molecular weight excluding hydrogens is 498 g/mol. The fourth-order valence-electron chi connectivity index (χ4n) is 5.60. The van der Waals surface area contributed by atoms with Gasteiger partial charge in [-0.1, -0.05) is 60.8 Å². The summed E-state index contributed by atoms with van der Waals surface area (Å²) in [7, 11) is 0. The minimum Gasteiger partial charge on any atom is -0.487 e. The van der Waals surface area contributed by atoms with Gasteiger partial charge in [0.05, 0.1) is 22.2 Å². The quantitative estimate of drug-likeness (QED) is 0.232. The van der Waals surface area contributed by atoms with Crippen LogP contribution in [0.3, 0.4) is 0 Å². The van der Waals surface area contributed by atoms with Gasteiger partial charge >= 0.3 is 0 Å². The van der Waals surface area contributed by atoms with Crippen LogP contribution in [-0.2, 0) is 19.6 Å². The second-order valence-electron chi connectivity index (χ2n) is 10.3. The summed E-state index contributed by atoms with van der Waals surface area (Å²) in [6, 6.07) is 25.8. The zero-order valence-electron chi connectivity index (χ0n) is 21.1. The number of aliphatic hydroxyl groups excluding tert-OH is 1. The molecule has 0 aliphatic heterocycles. The third-order valence-electron chi connectivity index (χ3n) is 7.75. The van der Waals surface area contributed by atoms with Crippen LogP contribution in [0.4, 0.5) is 0 Å². The molecule has 38 heavy (non-hydrogen) atoms. The van der Waals surface area contributed by atoms with Gasteiger partial charge in [0, 0.05) is 34.9 Å². The molecule has 1 fully saturated rings. The van der Waals surface area contributed by atoms with Gasteiger partial charge in [-0.05, 0) is 54.8 Å². The summed E-state index contributed by atoms with van der Waals surface area (Å²) in [5, 5.41) is 22.4. The second kappa shape index (κ2) is 10.4. The van der Waals surface area contributed by atoms with Crippen molar-refractivity contribution in [3.05, 3.63) is 101 Å². The van der Waals surface area contributed by atoms with Crippen LogP contribution in [0.1, 0.15) is 42.8 Å². The summed E-state index contributed by atoms with van der Waals surface area (Å²) >= 11 is 6.11. The third kappa shape index (κ3) is 4.99. The number of fused-ring (bicyclic) bond motifs is 2. The fourth-order valence-corrected chi connectivity index (χ4v) is 5.73. The van der Waals surface area contributed by atoms with Crippen LogP contribution < -0.4 is 4.74 Å². The Balaban J connectivity index is 1.31. The van der Waals surface area contributed by atoms with E-state index in [0.29, 0.717) is 30.3 Å². The van der Waals surface area contributed by atoms with Crippen LogP contribution in [0.5, 0.6) is 5.75 Å². The van der Waals surface area contributed by atoms with Crippen LogP contribution in [0.25, 0.3) is 21.9 Å². The Hall–Kier alpha value is -3.45. The Morgan fingerprint density at radius 3 is 2.47 bits per heavy atom. The van der Waals surface area contributed by atoms with E-state index in [0.717, 1.165) is 64.7 Å². The third-order valence-corrected chi connectivity index (χ3v) is 8.00. The monoisotopic (exact) mass is 527 g/mol. The summed E-state index contributed by atoms with van der Waals surface area (Å²) in [5.41, 5.74) is 4.13. The average molecular weight is 528 g/mol. The molecule has 5 aromatic rings. The molecule has 6 rings (SSSR count). The molecule has 0 amide bonds. The number of para-hydroxylation sites is 1. The number of imidazole rings is 1. The number of benzene rings is 3. The number of aromatic nitrogens is 3. The fraction of sp³-hybridized carbons (Fsp3) is 0.290. The van der Waals surface area contributed by atoms with Crippen molar-refractivity contribution in [1.82, 2.24) is 14.5 Å². The highest BCUT2D eigenvalue weighted by molar-refractivity contribution is 6.30. The molecular formula is C31H30ClN3O3. The van der Waals surface area contributed by atoms with Gasteiger partial charge in [0.2, 0.25) is 0 Å². The first-order valence-corrected chi connectivity index (χ1v) is 13.4. The molecule has 6 nitrogen and oxygen atoms in total. The summed E-state index contributed by atoms with van der Waals surface area (Å²) in [5.74, 6) is 1.56. The van der Waals surface area contributed by atoms with Gasteiger partial charge in [-0.3, -0.25) is 0 Å². The van der Waals surface area contributed by atoms with Gasteiger partial charge in [0.15, 0.2) is 6.29 Å². The molecule has 0 spiro atoms. The van der Waals surface area contributed by atoms with Crippen LogP contribution >= 0.6 is 11.6 Å². The molecule has 1 aliphatic carbocycles. The number of hydrogen-bond donors (Lipinski definition) is 2. The molecule has 0 saturated heterocycles. The van der Waals surface area contributed by atoms with Gasteiger partial charge in [0.25, 0.3) is 0 Å². The molecule has 194 valence electrons. The molecule has 0 radical (unpaired) electrons. The van der Waals surface area contributed by atoms with Gasteiger partial charge in [-0.25, -0.2) is 9.97 Å². The highest BCUT2D eigenvalue weighted by Crippen LogP contribution is 2.43. The lowest BCUT2D eigenvalue weighted by Crippen LogP contribution is -2.35. The Kier molecular flexibility index (Phi) is 6.78. The van der Waals surface area contributed by atoms with E-state index in [1.165, 1.54) is 0 Å². The van der Waals surface area contributed by atoms with E-state index in [1.54, 1.807) is 0 Å². The Morgan fingerprint density at radius 2 is 1.68 bits per heavy atom. The SMILES string of the molecule is OC(O)C1(Cc2nc3cc(OCc4ccc5ccccc5n4)ccc3n2Cc2ccc(Cl)cc2)CCCC1. The van der Waals surface area contributed by atoms with Crippen molar-refractivity contribution in [2.24, 2.45) is 5.41 Å². The summed E-state index contributed by atoms with van der Waals surface area (Å²) in [4.78, 5) is 9.70. The minimum absolute atomic E-state index is 0.356. The highest BCUT2D eigenvalue weighted by atomic mass is 35.5. The van der Waals surface area contributed by atoms with E-state index in [2.05, 4.69) is 10.6 Å². The molecule has 2 aromatic heterocycles. The molecule has 2 heterocycles. The average Bonchev–Trinajstić information content (AvgIpc) is 3.54. The second-order valence-corrected chi connectivity index (χ2v) is 10.7. The zero-order valence-corrected chi connectivity index (χ0v) is 21.8. The Bertz CT molecular complexity index is 1570. The normalized spacial score (nSPS) is 15.1. The van der Waals surface area contributed by atoms with E-state index in [-0.39, 0.29) is 0 Å². The van der Waals surface area contributed by atoms with Crippen molar-refractivity contribution < 1.29 is 14.9 Å². The summed E-state index contributed by atoms with van der Waals surface area (Å²) in [6.07, 6.45) is 2.68. The maximum Gasteiger partial charge on any atom is 0.157 e. The standard InChI is InChI=1S/C31H30ClN3O3/c32-23-10-7-21(8-11-23)19-35-28-14-13-25(38-20-24-12-9-22-5-1-2-6-26(22)33-24)17-27(28)34-29(35)18-31(30(36)37)15-3-4-16-31/h1-2,5-14,17,30,36-37H,3-4,15-16,18-20H2. The number of halogens is 1. The molecule has 1 aliphatic rings. The zero-order chi connectivity index (χ0) is 26.1. The maximum atomic E-state index is 10.3. The number of nitrogens with zero attached hydrogens (tertiary/aromatic N) is 3. The first-order valence-electron chi connectivity index (χ1n) is 13.1. The minimum atomic E-state index is -1.37. The number of hydrogen-bond acceptors (Lipinski definition) is 5. The number of aliphatic hydroxyl groups is 2. The molecule has 0 atom stereocenters. The van der Waals surface area contributed by atoms with Crippen molar-refractivity contribution >= 4 is 33.5 Å². The topological polar surface area (TPSA) is 80.4 Å². The summed E-state index contributed by atoms with van der Waals surface area (Å²) in [6.45, 7) is 0.969. The predicted octanol–water partition coefficient (Wildman–Crippen LogP) is 6.28. The van der Waals surface area contributed by atoms with Crippen LogP contribution in [0.2, 0.25) is 5.02 Å². The van der Waals surface area contributed by atoms with Gasteiger partial charge in [0.1, 0.15) is 18.2 Å². The van der Waals surface area contributed by atoms with E-state index in [1.807, 2.05) is 72.8 Å². The molecule has 3 aromatic carbocycles. The van der Waals surface area contributed by atoms with Crippen LogP contribution in [0, 0.1) is 5.41 Å². The van der Waals surface area contributed by atoms with Gasteiger partial charge in [-0.15, -0.1) is 0 Å². The molecule has 0 unspecified atom stereocenters. The van der Waals surface area contributed by atoms with Crippen molar-refractivity contribution in [2.45, 2.75) is 51.5 Å². The van der Waals surface area contributed by atoms with Crippen molar-refractivity contribution in [3.63, 3.8) is 0 Å². The lowest BCUT2D eigenvalue weighted by atomic mass is 9.81. The molecule has 0 bridgehead atoms. The first-order chi connectivity index (χ1) is 18.5. The Morgan fingerprint density at radius 1 is 0.895 bits per heavy atom. The van der Waals surface area contributed by atoms with Gasteiger partial charge in [-0.2, -0.15) is 0 Å². The molecule has 1 saturated carbocycles. The number of rotatable bonds is 8. The maximum absolute atomic E-state index is 10.3. The van der Waals surface area contributed by atoms with Crippen LogP contribution in [0.15, 0.2) is 78.9 Å². The number of pyridine rings is 1. The Labute approximate surface area is 226 Å². The lowest BCUT2D eigenvalue weighted by Gasteiger charge is -2.30. The van der Waals surface area contributed by atoms with Crippen LogP contribution in [-0.4, -0.2) is 31.0 Å². The predicted molar refractivity (Wildman–Crippen MR) is 149 cm³/mol. The van der Waals surface area contributed by atoms with Crippen molar-refractivity contribution in [2.75, 3.05) is 0 Å². The first kappa shape index (κ1) is 24.9. The molecule has 2 N–H and O–H groups in total. The van der Waals surface area contributed by atoms with E-state index in [9.17, 15) is 10.2 Å². The lowest BCUT2D eigenvalue weighted by molar-refractivity contribution is -0.134. The highest BCUT2D eigenvalue weighted by Gasteiger charge is 2.41. The van der Waals surface area contributed by atoms with E-state index < -0.39 is 11.7 Å².